The zero-order chi connectivity index (χ0) is 14.5. The van der Waals surface area contributed by atoms with Gasteiger partial charge in [0, 0.05) is 19.8 Å². The fourth-order valence-electron chi connectivity index (χ4n) is 1.88. The molecule has 2 aromatic rings. The first kappa shape index (κ1) is 13.9. The number of nitro benzene ring substituents is 1. The van der Waals surface area contributed by atoms with Crippen LogP contribution in [0.3, 0.4) is 0 Å². The predicted octanol–water partition coefficient (Wildman–Crippen LogP) is 2.89. The van der Waals surface area contributed by atoms with Gasteiger partial charge in [0.05, 0.1) is 16.8 Å². The number of hydrogen-bond acceptors (Lipinski definition) is 5. The number of aromatic nitrogens is 2. The maximum Gasteiger partial charge on any atom is 0.315 e. The molecule has 0 fully saturated rings. The van der Waals surface area contributed by atoms with Crippen LogP contribution < -0.4 is 10.6 Å². The van der Waals surface area contributed by atoms with Crippen LogP contribution in [0.5, 0.6) is 0 Å². The molecule has 0 aliphatic rings. The lowest BCUT2D eigenvalue weighted by Crippen LogP contribution is -2.05. The van der Waals surface area contributed by atoms with Gasteiger partial charge in [0.1, 0.15) is 11.4 Å². The topological polar surface area (TPSA) is 85.0 Å². The Hall–Kier alpha value is -2.57. The molecular weight excluding hydrogens is 258 g/mol. The minimum atomic E-state index is -0.378. The average Bonchev–Trinajstić information content (AvgIpc) is 2.81. The van der Waals surface area contributed by atoms with Crippen LogP contribution in [-0.2, 0) is 7.05 Å². The van der Waals surface area contributed by atoms with E-state index in [2.05, 4.69) is 15.7 Å². The highest BCUT2D eigenvalue weighted by Crippen LogP contribution is 2.34. The zero-order valence-electron chi connectivity index (χ0n) is 11.5. The van der Waals surface area contributed by atoms with Crippen molar-refractivity contribution in [3.8, 4) is 0 Å². The number of benzene rings is 1. The lowest BCUT2D eigenvalue weighted by molar-refractivity contribution is -0.383. The molecule has 106 valence electrons. The second-order valence-corrected chi connectivity index (χ2v) is 4.41. The molecule has 0 bridgehead atoms. The monoisotopic (exact) mass is 275 g/mol. The molecular formula is C13H17N5O2. The van der Waals surface area contributed by atoms with Gasteiger partial charge < -0.3 is 10.6 Å². The van der Waals surface area contributed by atoms with Gasteiger partial charge in [-0.3, -0.25) is 14.8 Å². The van der Waals surface area contributed by atoms with E-state index in [4.69, 9.17) is 0 Å². The smallest absolute Gasteiger partial charge is 0.315 e. The number of nitro groups is 1. The third kappa shape index (κ3) is 3.05. The van der Waals surface area contributed by atoms with E-state index in [1.807, 2.05) is 6.92 Å². The number of hydrogen-bond donors (Lipinski definition) is 2. The van der Waals surface area contributed by atoms with Crippen molar-refractivity contribution in [2.75, 3.05) is 17.2 Å². The molecule has 7 nitrogen and oxygen atoms in total. The Kier molecular flexibility index (Phi) is 4.19. The van der Waals surface area contributed by atoms with E-state index in [9.17, 15) is 10.1 Å². The van der Waals surface area contributed by atoms with Crippen LogP contribution in [0, 0.1) is 10.1 Å². The summed E-state index contributed by atoms with van der Waals surface area (Å²) in [6, 6.07) is 5.17. The molecule has 20 heavy (non-hydrogen) atoms. The normalized spacial score (nSPS) is 10.3. The van der Waals surface area contributed by atoms with Crippen LogP contribution in [0.15, 0.2) is 30.6 Å². The third-order valence-corrected chi connectivity index (χ3v) is 2.77. The Morgan fingerprint density at radius 3 is 2.75 bits per heavy atom. The highest BCUT2D eigenvalue weighted by Gasteiger charge is 2.19. The van der Waals surface area contributed by atoms with Gasteiger partial charge in [-0.2, -0.15) is 5.10 Å². The van der Waals surface area contributed by atoms with E-state index in [0.717, 1.165) is 6.42 Å². The van der Waals surface area contributed by atoms with Gasteiger partial charge in [-0.05, 0) is 18.6 Å². The van der Waals surface area contributed by atoms with Crippen molar-refractivity contribution >= 4 is 22.7 Å². The van der Waals surface area contributed by atoms with E-state index in [1.165, 1.54) is 0 Å². The zero-order valence-corrected chi connectivity index (χ0v) is 11.5. The summed E-state index contributed by atoms with van der Waals surface area (Å²) in [5.74, 6) is 0. The van der Waals surface area contributed by atoms with Crippen LogP contribution in [-0.4, -0.2) is 21.2 Å². The van der Waals surface area contributed by atoms with Gasteiger partial charge in [0.15, 0.2) is 0 Å². The first-order valence-corrected chi connectivity index (χ1v) is 6.38. The summed E-state index contributed by atoms with van der Waals surface area (Å²) < 4.78 is 1.63. The van der Waals surface area contributed by atoms with Crippen LogP contribution in [0.2, 0.25) is 0 Å². The summed E-state index contributed by atoms with van der Waals surface area (Å²) in [6.07, 6.45) is 4.28. The first-order valence-electron chi connectivity index (χ1n) is 6.38. The second kappa shape index (κ2) is 6.05. The van der Waals surface area contributed by atoms with Gasteiger partial charge in [0.2, 0.25) is 0 Å². The van der Waals surface area contributed by atoms with E-state index >= 15 is 0 Å². The van der Waals surface area contributed by atoms with Gasteiger partial charge in [-0.1, -0.05) is 13.0 Å². The summed E-state index contributed by atoms with van der Waals surface area (Å²) in [4.78, 5) is 10.9. The molecule has 0 spiro atoms. The molecule has 0 aliphatic heterocycles. The molecule has 0 aliphatic carbocycles. The maximum absolute atomic E-state index is 11.3. The van der Waals surface area contributed by atoms with Gasteiger partial charge in [-0.15, -0.1) is 0 Å². The highest BCUT2D eigenvalue weighted by atomic mass is 16.6. The quantitative estimate of drug-likeness (QED) is 0.625. The molecule has 0 atom stereocenters. The Morgan fingerprint density at radius 2 is 2.15 bits per heavy atom. The van der Waals surface area contributed by atoms with E-state index < -0.39 is 0 Å². The molecule has 7 heteroatoms. The van der Waals surface area contributed by atoms with Crippen LogP contribution in [0.4, 0.5) is 22.7 Å². The van der Waals surface area contributed by atoms with E-state index in [-0.39, 0.29) is 10.6 Å². The molecule has 1 aromatic heterocycles. The molecule has 0 radical (unpaired) electrons. The van der Waals surface area contributed by atoms with E-state index in [0.29, 0.717) is 23.6 Å². The molecule has 1 aromatic carbocycles. The lowest BCUT2D eigenvalue weighted by atomic mass is 10.2. The van der Waals surface area contributed by atoms with Crippen molar-refractivity contribution in [3.05, 3.63) is 40.7 Å². The average molecular weight is 275 g/mol. The summed E-state index contributed by atoms with van der Waals surface area (Å²) >= 11 is 0. The Balaban J connectivity index is 2.33. The lowest BCUT2D eigenvalue weighted by Gasteiger charge is -2.10. The largest absolute Gasteiger partial charge is 0.379 e. The number of anilines is 3. The van der Waals surface area contributed by atoms with Gasteiger partial charge in [-0.25, -0.2) is 0 Å². The molecule has 1 heterocycles. The minimum Gasteiger partial charge on any atom is -0.379 e. The number of nitrogens with one attached hydrogen (secondary N) is 2. The molecule has 0 saturated carbocycles. The third-order valence-electron chi connectivity index (χ3n) is 2.77. The molecule has 2 N–H and O–H groups in total. The van der Waals surface area contributed by atoms with Crippen molar-refractivity contribution in [2.45, 2.75) is 13.3 Å². The fraction of sp³-hybridized carbons (Fsp3) is 0.308. The first-order chi connectivity index (χ1) is 9.61. The van der Waals surface area contributed by atoms with Gasteiger partial charge >= 0.3 is 5.69 Å². The predicted molar refractivity (Wildman–Crippen MR) is 78.4 cm³/mol. The van der Waals surface area contributed by atoms with Crippen molar-refractivity contribution in [1.82, 2.24) is 9.78 Å². The summed E-state index contributed by atoms with van der Waals surface area (Å²) in [6.45, 7) is 2.70. The van der Waals surface area contributed by atoms with Crippen molar-refractivity contribution < 1.29 is 4.92 Å². The minimum absolute atomic E-state index is 0.0461. The standard InChI is InChI=1S/C13H17N5O2/c1-3-7-14-11-5-4-6-12(13(11)18(19)20)16-10-8-15-17(2)9-10/h4-6,8-9,14,16H,3,7H2,1-2H3. The summed E-state index contributed by atoms with van der Waals surface area (Å²) in [7, 11) is 1.79. The molecule has 0 unspecified atom stereocenters. The maximum atomic E-state index is 11.3. The Bertz CT molecular complexity index is 609. The SMILES string of the molecule is CCCNc1cccc(Nc2cnn(C)c2)c1[N+](=O)[O-]. The van der Waals surface area contributed by atoms with Crippen LogP contribution >= 0.6 is 0 Å². The van der Waals surface area contributed by atoms with Gasteiger partial charge in [0.25, 0.3) is 0 Å². The van der Waals surface area contributed by atoms with E-state index in [1.54, 1.807) is 42.3 Å². The van der Waals surface area contributed by atoms with Crippen molar-refractivity contribution in [1.29, 1.82) is 0 Å². The summed E-state index contributed by atoms with van der Waals surface area (Å²) in [5.41, 5.74) is 1.72. The molecule has 0 amide bonds. The highest BCUT2D eigenvalue weighted by molar-refractivity contribution is 5.79. The number of aryl methyl sites for hydroxylation is 1. The Morgan fingerprint density at radius 1 is 1.40 bits per heavy atom. The fourth-order valence-corrected chi connectivity index (χ4v) is 1.88. The molecule has 0 saturated heterocycles. The van der Waals surface area contributed by atoms with Crippen molar-refractivity contribution in [3.63, 3.8) is 0 Å². The molecule has 2 rings (SSSR count). The number of rotatable bonds is 6. The second-order valence-electron chi connectivity index (χ2n) is 4.41. The number of nitrogens with zero attached hydrogens (tertiary/aromatic N) is 3. The number of para-hydroxylation sites is 1. The van der Waals surface area contributed by atoms with Crippen LogP contribution in [0.1, 0.15) is 13.3 Å². The summed E-state index contributed by atoms with van der Waals surface area (Å²) in [5, 5.41) is 21.4. The Labute approximate surface area is 116 Å². The van der Waals surface area contributed by atoms with Crippen LogP contribution in [0.25, 0.3) is 0 Å². The van der Waals surface area contributed by atoms with Crippen molar-refractivity contribution in [2.24, 2.45) is 7.05 Å².